The predicted molar refractivity (Wildman–Crippen MR) is 48.1 cm³/mol. The lowest BCUT2D eigenvalue weighted by Gasteiger charge is -2.22. The van der Waals surface area contributed by atoms with E-state index >= 15 is 0 Å². The van der Waals surface area contributed by atoms with Gasteiger partial charge < -0.3 is 9.47 Å². The number of hydrogen-bond donors (Lipinski definition) is 0. The van der Waals surface area contributed by atoms with Gasteiger partial charge in [-0.15, -0.1) is 0 Å². The Morgan fingerprint density at radius 2 is 2.14 bits per heavy atom. The lowest BCUT2D eigenvalue weighted by Crippen LogP contribution is -2.23. The van der Waals surface area contributed by atoms with Gasteiger partial charge in [0, 0.05) is 12.4 Å². The molecule has 1 rings (SSSR count). The summed E-state index contributed by atoms with van der Waals surface area (Å²) in [6.07, 6.45) is 2.53. The molecule has 1 aliphatic rings. The summed E-state index contributed by atoms with van der Waals surface area (Å²) in [7, 11) is 0. The Bertz CT molecular complexity index is 157. The molecule has 14 heavy (non-hydrogen) atoms. The van der Waals surface area contributed by atoms with Crippen molar-refractivity contribution in [3.05, 3.63) is 0 Å². The molecule has 1 fully saturated rings. The highest BCUT2D eigenvalue weighted by atomic mass is 32.2. The fraction of sp³-hybridized carbons (Fsp3) is 1.00. The number of thioether (sulfide) groups is 1. The van der Waals surface area contributed by atoms with Crippen molar-refractivity contribution in [1.29, 1.82) is 0 Å². The average molecular weight is 230 g/mol. The maximum atomic E-state index is 11.7. The molecule has 0 aromatic heterocycles. The Morgan fingerprint density at radius 3 is 2.71 bits per heavy atom. The first-order chi connectivity index (χ1) is 6.58. The molecular weight excluding hydrogens is 217 g/mol. The van der Waals surface area contributed by atoms with Gasteiger partial charge in [0.2, 0.25) is 0 Å². The molecule has 1 aliphatic heterocycles. The van der Waals surface area contributed by atoms with E-state index in [9.17, 15) is 13.2 Å². The van der Waals surface area contributed by atoms with Crippen molar-refractivity contribution in [3.8, 4) is 0 Å². The molecule has 6 heteroatoms. The van der Waals surface area contributed by atoms with Crippen LogP contribution in [0.15, 0.2) is 0 Å². The van der Waals surface area contributed by atoms with Crippen LogP contribution in [0.1, 0.15) is 19.3 Å². The van der Waals surface area contributed by atoms with Gasteiger partial charge in [0.1, 0.15) is 0 Å². The van der Waals surface area contributed by atoms with Gasteiger partial charge in [-0.3, -0.25) is 0 Å². The Hall–Kier alpha value is 0.0600. The van der Waals surface area contributed by atoms with E-state index in [1.807, 2.05) is 0 Å². The first kappa shape index (κ1) is 12.1. The minimum Gasteiger partial charge on any atom is -0.353 e. The van der Waals surface area contributed by atoms with Crippen molar-refractivity contribution in [2.24, 2.45) is 0 Å². The van der Waals surface area contributed by atoms with Crippen molar-refractivity contribution in [2.75, 3.05) is 19.0 Å². The zero-order valence-corrected chi connectivity index (χ0v) is 8.50. The molecule has 1 heterocycles. The fourth-order valence-corrected chi connectivity index (χ4v) is 1.59. The fourth-order valence-electron chi connectivity index (χ4n) is 1.18. The smallest absolute Gasteiger partial charge is 0.353 e. The Morgan fingerprint density at radius 1 is 1.36 bits per heavy atom. The second kappa shape index (κ2) is 5.82. The summed E-state index contributed by atoms with van der Waals surface area (Å²) in [4.78, 5) is 0. The molecule has 0 aromatic carbocycles. The van der Waals surface area contributed by atoms with Crippen molar-refractivity contribution in [2.45, 2.75) is 31.1 Å². The van der Waals surface area contributed by atoms with Crippen LogP contribution < -0.4 is 0 Å². The van der Waals surface area contributed by atoms with Crippen molar-refractivity contribution in [3.63, 3.8) is 0 Å². The van der Waals surface area contributed by atoms with Gasteiger partial charge in [0.05, 0.1) is 6.61 Å². The molecule has 0 radical (unpaired) electrons. The topological polar surface area (TPSA) is 18.5 Å². The van der Waals surface area contributed by atoms with E-state index in [1.165, 1.54) is 0 Å². The molecule has 0 amide bonds. The van der Waals surface area contributed by atoms with Crippen LogP contribution in [0.2, 0.25) is 0 Å². The normalized spacial score (nSPS) is 23.8. The van der Waals surface area contributed by atoms with Gasteiger partial charge in [0.15, 0.2) is 6.29 Å². The monoisotopic (exact) mass is 230 g/mol. The maximum Gasteiger partial charge on any atom is 0.441 e. The van der Waals surface area contributed by atoms with Crippen LogP contribution in [0.3, 0.4) is 0 Å². The van der Waals surface area contributed by atoms with Gasteiger partial charge >= 0.3 is 5.51 Å². The molecule has 0 spiro atoms. The van der Waals surface area contributed by atoms with Crippen LogP contribution in [0.5, 0.6) is 0 Å². The predicted octanol–water partition coefficient (Wildman–Crippen LogP) is 2.78. The quantitative estimate of drug-likeness (QED) is 0.692. The van der Waals surface area contributed by atoms with Gasteiger partial charge in [0.25, 0.3) is 0 Å². The summed E-state index contributed by atoms with van der Waals surface area (Å²) in [6.45, 7) is 0.742. The van der Waals surface area contributed by atoms with Crippen molar-refractivity contribution in [1.82, 2.24) is 0 Å². The maximum absolute atomic E-state index is 11.7. The summed E-state index contributed by atoms with van der Waals surface area (Å²) >= 11 is -0.0584. The lowest BCUT2D eigenvalue weighted by molar-refractivity contribution is -0.158. The van der Waals surface area contributed by atoms with Gasteiger partial charge in [-0.2, -0.15) is 13.2 Å². The number of hydrogen-bond acceptors (Lipinski definition) is 3. The van der Waals surface area contributed by atoms with Crippen LogP contribution in [0.4, 0.5) is 13.2 Å². The van der Waals surface area contributed by atoms with Crippen LogP contribution in [0, 0.1) is 0 Å². The molecule has 2 nitrogen and oxygen atoms in total. The Labute approximate surface area is 85.1 Å². The second-order valence-electron chi connectivity index (χ2n) is 2.96. The summed E-state index contributed by atoms with van der Waals surface area (Å²) in [5.41, 5.74) is -4.16. The molecule has 0 N–H and O–H groups in total. The average Bonchev–Trinajstić information content (AvgIpc) is 2.13. The highest BCUT2D eigenvalue weighted by Gasteiger charge is 2.27. The zero-order valence-electron chi connectivity index (χ0n) is 7.68. The van der Waals surface area contributed by atoms with E-state index in [1.54, 1.807) is 0 Å². The van der Waals surface area contributed by atoms with Crippen LogP contribution >= 0.6 is 11.8 Å². The van der Waals surface area contributed by atoms with Crippen LogP contribution in [0.25, 0.3) is 0 Å². The first-order valence-corrected chi connectivity index (χ1v) is 5.50. The SMILES string of the molecule is FC(F)(F)SCCO[C@H]1CCCCO1. The highest BCUT2D eigenvalue weighted by molar-refractivity contribution is 8.00. The van der Waals surface area contributed by atoms with E-state index < -0.39 is 5.51 Å². The van der Waals surface area contributed by atoms with Crippen LogP contribution in [-0.2, 0) is 9.47 Å². The molecule has 0 unspecified atom stereocenters. The van der Waals surface area contributed by atoms with Gasteiger partial charge in [-0.1, -0.05) is 0 Å². The largest absolute Gasteiger partial charge is 0.441 e. The first-order valence-electron chi connectivity index (χ1n) is 4.52. The summed E-state index contributed by atoms with van der Waals surface area (Å²) in [6, 6.07) is 0. The van der Waals surface area contributed by atoms with Crippen molar-refractivity contribution < 1.29 is 22.6 Å². The van der Waals surface area contributed by atoms with E-state index in [4.69, 9.17) is 9.47 Å². The number of ether oxygens (including phenoxy) is 2. The molecule has 0 aliphatic carbocycles. The molecule has 0 bridgehead atoms. The number of halogens is 3. The Balaban J connectivity index is 1.97. The van der Waals surface area contributed by atoms with E-state index in [0.29, 0.717) is 6.61 Å². The third kappa shape index (κ3) is 5.72. The summed E-state index contributed by atoms with van der Waals surface area (Å²) in [5, 5.41) is 0. The van der Waals surface area contributed by atoms with Gasteiger partial charge in [-0.05, 0) is 31.0 Å². The third-order valence-corrected chi connectivity index (χ3v) is 2.49. The van der Waals surface area contributed by atoms with E-state index in [-0.39, 0.29) is 30.4 Å². The molecule has 84 valence electrons. The molecule has 1 atom stereocenters. The summed E-state index contributed by atoms with van der Waals surface area (Å²) < 4.78 is 45.4. The minimum absolute atomic E-state index is 0.0584. The lowest BCUT2D eigenvalue weighted by atomic mass is 10.2. The van der Waals surface area contributed by atoms with E-state index in [2.05, 4.69) is 0 Å². The third-order valence-electron chi connectivity index (χ3n) is 1.79. The highest BCUT2D eigenvalue weighted by Crippen LogP contribution is 2.29. The van der Waals surface area contributed by atoms with E-state index in [0.717, 1.165) is 19.3 Å². The number of rotatable bonds is 4. The standard InChI is InChI=1S/C8H13F3O2S/c9-8(10,11)14-6-5-13-7-3-1-2-4-12-7/h7H,1-6H2/t7-/m0/s1. The minimum atomic E-state index is -4.16. The van der Waals surface area contributed by atoms with Crippen molar-refractivity contribution >= 4 is 11.8 Å². The molecule has 0 aromatic rings. The zero-order chi connectivity index (χ0) is 10.4. The number of alkyl halides is 3. The summed E-state index contributed by atoms with van der Waals surface area (Å²) in [5.74, 6) is -0.0661. The van der Waals surface area contributed by atoms with Gasteiger partial charge in [-0.25, -0.2) is 0 Å². The Kier molecular flexibility index (Phi) is 5.05. The van der Waals surface area contributed by atoms with Crippen LogP contribution in [-0.4, -0.2) is 30.8 Å². The molecule has 1 saturated heterocycles. The second-order valence-corrected chi connectivity index (χ2v) is 4.12. The molecular formula is C8H13F3O2S. The molecule has 0 saturated carbocycles.